The van der Waals surface area contributed by atoms with Gasteiger partial charge in [0.2, 0.25) is 0 Å². The molecule has 4 rings (SSSR count). The maximum absolute atomic E-state index is 13.7. The average Bonchev–Trinajstić information content (AvgIpc) is 2.90. The number of benzene rings is 1. The number of aromatic nitrogens is 2. The molecule has 1 aliphatic rings. The van der Waals surface area contributed by atoms with Crippen LogP contribution in [-0.4, -0.2) is 63.3 Å². The predicted molar refractivity (Wildman–Crippen MR) is 150 cm³/mol. The van der Waals surface area contributed by atoms with E-state index in [4.69, 9.17) is 4.74 Å². The number of carbonyl (C=O) groups excluding carboxylic acids is 1. The first-order valence-corrected chi connectivity index (χ1v) is 13.6. The lowest BCUT2D eigenvalue weighted by Gasteiger charge is -2.40. The smallest absolute Gasteiger partial charge is 0.418 e. The molecule has 1 aliphatic heterocycles. The number of hydrogen-bond acceptors (Lipinski definition) is 8. The van der Waals surface area contributed by atoms with Crippen molar-refractivity contribution in [2.24, 2.45) is 0 Å². The molecule has 13 heteroatoms. The van der Waals surface area contributed by atoms with Crippen LogP contribution in [0.25, 0.3) is 11.3 Å². The van der Waals surface area contributed by atoms with E-state index in [-0.39, 0.29) is 24.6 Å². The molecule has 1 aromatic carbocycles. The van der Waals surface area contributed by atoms with E-state index in [2.05, 4.69) is 14.7 Å². The van der Waals surface area contributed by atoms with Crippen LogP contribution in [0.1, 0.15) is 31.9 Å². The summed E-state index contributed by atoms with van der Waals surface area (Å²) in [7, 11) is 0. The van der Waals surface area contributed by atoms with Crippen molar-refractivity contribution in [3.8, 4) is 11.3 Å². The number of piperazine rings is 1. The van der Waals surface area contributed by atoms with Crippen LogP contribution in [0.3, 0.4) is 0 Å². The maximum atomic E-state index is 13.7. The van der Waals surface area contributed by atoms with Crippen LogP contribution in [0.2, 0.25) is 0 Å². The molecule has 0 saturated carbocycles. The summed E-state index contributed by atoms with van der Waals surface area (Å²) in [6, 6.07) is 13.0. The van der Waals surface area contributed by atoms with E-state index in [1.54, 1.807) is 75.1 Å². The van der Waals surface area contributed by atoms with E-state index in [9.17, 15) is 27.9 Å². The standard InChI is InChI=1S/C28H30F3N5O4S/c1-17-8-5-6-9-18(17)24-19(28(29,30)31)12-13-21(32-24)34-41-23-11-7-10-22(33-23)35-14-15-36(20(16-35)25(37)38)26(39)40-27(2,3)4/h5-13,20H,14-16H2,1-4H3,(H,32,34)(H,37,38). The van der Waals surface area contributed by atoms with E-state index in [0.717, 1.165) is 18.0 Å². The third-order valence-corrected chi connectivity index (χ3v) is 6.93. The van der Waals surface area contributed by atoms with Gasteiger partial charge in [0.1, 0.15) is 28.3 Å². The molecule has 2 N–H and O–H groups in total. The first-order valence-electron chi connectivity index (χ1n) is 12.7. The minimum Gasteiger partial charge on any atom is -0.480 e. The van der Waals surface area contributed by atoms with Gasteiger partial charge in [-0.15, -0.1) is 0 Å². The number of anilines is 2. The zero-order valence-electron chi connectivity index (χ0n) is 22.9. The Balaban J connectivity index is 1.50. The van der Waals surface area contributed by atoms with Crippen molar-refractivity contribution in [1.82, 2.24) is 14.9 Å². The van der Waals surface area contributed by atoms with E-state index in [1.807, 2.05) is 0 Å². The zero-order valence-corrected chi connectivity index (χ0v) is 23.7. The number of ether oxygens (including phenoxy) is 1. The number of pyridine rings is 2. The molecule has 1 saturated heterocycles. The van der Waals surface area contributed by atoms with Gasteiger partial charge in [-0.05, 0) is 57.5 Å². The van der Waals surface area contributed by atoms with E-state index in [0.29, 0.717) is 28.5 Å². The van der Waals surface area contributed by atoms with Crippen molar-refractivity contribution in [2.45, 2.75) is 50.5 Å². The number of nitrogens with zero attached hydrogens (tertiary/aromatic N) is 4. The third-order valence-electron chi connectivity index (χ3n) is 6.19. The van der Waals surface area contributed by atoms with Crippen molar-refractivity contribution in [2.75, 3.05) is 29.3 Å². The lowest BCUT2D eigenvalue weighted by atomic mass is 10.0. The Kier molecular flexibility index (Phi) is 8.66. The summed E-state index contributed by atoms with van der Waals surface area (Å²) in [6.07, 6.45) is -5.27. The quantitative estimate of drug-likeness (QED) is 0.330. The fourth-order valence-electron chi connectivity index (χ4n) is 4.27. The predicted octanol–water partition coefficient (Wildman–Crippen LogP) is 6.10. The van der Waals surface area contributed by atoms with Crippen LogP contribution >= 0.6 is 11.9 Å². The molecule has 0 spiro atoms. The Morgan fingerprint density at radius 1 is 1.02 bits per heavy atom. The van der Waals surface area contributed by atoms with Crippen molar-refractivity contribution in [1.29, 1.82) is 0 Å². The largest absolute Gasteiger partial charge is 0.480 e. The molecule has 0 aliphatic carbocycles. The second-order valence-corrected chi connectivity index (χ2v) is 11.2. The number of carboxylic acids is 1. The molecule has 41 heavy (non-hydrogen) atoms. The normalized spacial score (nSPS) is 15.9. The van der Waals surface area contributed by atoms with Crippen LogP contribution in [0.15, 0.2) is 59.6 Å². The molecular formula is C28H30F3N5O4S. The Morgan fingerprint density at radius 3 is 2.41 bits per heavy atom. The van der Waals surface area contributed by atoms with Gasteiger partial charge in [0, 0.05) is 30.6 Å². The fourth-order valence-corrected chi connectivity index (χ4v) is 4.88. The van der Waals surface area contributed by atoms with Gasteiger partial charge in [0.15, 0.2) is 0 Å². The second-order valence-electron chi connectivity index (χ2n) is 10.4. The number of halogens is 3. The Bertz CT molecular complexity index is 1430. The molecule has 1 fully saturated rings. The maximum Gasteiger partial charge on any atom is 0.418 e. The highest BCUT2D eigenvalue weighted by atomic mass is 32.2. The van der Waals surface area contributed by atoms with Crippen LogP contribution in [0.5, 0.6) is 0 Å². The highest BCUT2D eigenvalue weighted by molar-refractivity contribution is 8.00. The first-order chi connectivity index (χ1) is 19.2. The average molecular weight is 590 g/mol. The van der Waals surface area contributed by atoms with Gasteiger partial charge in [-0.1, -0.05) is 30.3 Å². The molecule has 1 amide bonds. The summed E-state index contributed by atoms with van der Waals surface area (Å²) < 4.78 is 49.6. The van der Waals surface area contributed by atoms with Crippen molar-refractivity contribution in [3.63, 3.8) is 0 Å². The van der Waals surface area contributed by atoms with Gasteiger partial charge in [-0.25, -0.2) is 19.6 Å². The highest BCUT2D eigenvalue weighted by Crippen LogP contribution is 2.38. The second kappa shape index (κ2) is 11.9. The number of nitrogens with one attached hydrogen (secondary N) is 1. The molecule has 218 valence electrons. The number of alkyl halides is 3. The first kappa shape index (κ1) is 30.0. The number of hydrogen-bond donors (Lipinski definition) is 2. The minimum atomic E-state index is -4.58. The molecule has 9 nitrogen and oxygen atoms in total. The Hall–Kier alpha value is -4.00. The van der Waals surface area contributed by atoms with Gasteiger partial charge in [0.05, 0.1) is 17.8 Å². The number of aryl methyl sites for hydroxylation is 1. The van der Waals surface area contributed by atoms with Crippen molar-refractivity contribution < 1.29 is 32.6 Å². The number of amides is 1. The van der Waals surface area contributed by atoms with E-state index < -0.39 is 35.4 Å². The summed E-state index contributed by atoms with van der Waals surface area (Å²) in [4.78, 5) is 36.4. The lowest BCUT2D eigenvalue weighted by molar-refractivity contribution is -0.143. The van der Waals surface area contributed by atoms with Gasteiger partial charge in [-0.2, -0.15) is 13.2 Å². The minimum absolute atomic E-state index is 0.00334. The van der Waals surface area contributed by atoms with Crippen LogP contribution in [0, 0.1) is 6.92 Å². The molecule has 3 aromatic rings. The molecule has 2 aromatic heterocycles. The van der Waals surface area contributed by atoms with Gasteiger partial charge in [0.25, 0.3) is 0 Å². The van der Waals surface area contributed by atoms with Crippen LogP contribution < -0.4 is 9.62 Å². The van der Waals surface area contributed by atoms with E-state index >= 15 is 0 Å². The molecular weight excluding hydrogens is 559 g/mol. The van der Waals surface area contributed by atoms with Crippen molar-refractivity contribution in [3.05, 3.63) is 65.7 Å². The highest BCUT2D eigenvalue weighted by Gasteiger charge is 2.38. The third kappa shape index (κ3) is 7.40. The Morgan fingerprint density at radius 2 is 1.76 bits per heavy atom. The van der Waals surface area contributed by atoms with Crippen LogP contribution in [0.4, 0.5) is 29.6 Å². The number of rotatable bonds is 6. The lowest BCUT2D eigenvalue weighted by Crippen LogP contribution is -2.59. The fraction of sp³-hybridized carbons (Fsp3) is 0.357. The Labute approximate surface area is 239 Å². The molecule has 1 unspecified atom stereocenters. The monoisotopic (exact) mass is 589 g/mol. The molecule has 0 bridgehead atoms. The summed E-state index contributed by atoms with van der Waals surface area (Å²) in [6.45, 7) is 7.32. The molecule has 1 atom stereocenters. The molecule has 3 heterocycles. The summed E-state index contributed by atoms with van der Waals surface area (Å²) >= 11 is 1.06. The van der Waals surface area contributed by atoms with E-state index in [1.165, 1.54) is 11.0 Å². The number of aliphatic carboxylic acids is 1. The molecule has 0 radical (unpaired) electrons. The van der Waals surface area contributed by atoms with Crippen molar-refractivity contribution >= 4 is 35.6 Å². The van der Waals surface area contributed by atoms with Gasteiger partial charge >= 0.3 is 18.2 Å². The topological polar surface area (TPSA) is 108 Å². The zero-order chi connectivity index (χ0) is 29.9. The SMILES string of the molecule is Cc1ccccc1-c1nc(NSc2cccc(N3CCN(C(=O)OC(C)(C)C)C(C(=O)O)C3)n2)ccc1C(F)(F)F. The number of carboxylic acid groups (broad SMARTS) is 1. The summed E-state index contributed by atoms with van der Waals surface area (Å²) in [5, 5.41) is 10.3. The number of carbonyl (C=O) groups is 2. The van der Waals surface area contributed by atoms with Crippen LogP contribution in [-0.2, 0) is 15.7 Å². The summed E-state index contributed by atoms with van der Waals surface area (Å²) in [5.41, 5.74) is -0.727. The van der Waals surface area contributed by atoms with Gasteiger partial charge < -0.3 is 19.5 Å². The summed E-state index contributed by atoms with van der Waals surface area (Å²) in [5.74, 6) is -0.455. The van der Waals surface area contributed by atoms with Gasteiger partial charge in [-0.3, -0.25) is 4.90 Å².